The molecule has 1 unspecified atom stereocenters. The van der Waals surface area contributed by atoms with Crippen molar-refractivity contribution in [2.24, 2.45) is 5.73 Å². The molecule has 3 heteroatoms. The van der Waals surface area contributed by atoms with Crippen LogP contribution in [-0.4, -0.2) is 29.6 Å². The maximum absolute atomic E-state index is 13.4. The van der Waals surface area contributed by atoms with E-state index in [-0.39, 0.29) is 17.4 Å². The minimum Gasteiger partial charge on any atom is -0.326 e. The average molecular weight is 278 g/mol. The fourth-order valence-electron chi connectivity index (χ4n) is 3.05. The molecule has 1 aliphatic rings. The molecule has 1 atom stereocenters. The van der Waals surface area contributed by atoms with Crippen LogP contribution in [0.2, 0.25) is 0 Å². The first-order valence-electron chi connectivity index (χ1n) is 7.67. The second-order valence-corrected chi connectivity index (χ2v) is 6.58. The van der Waals surface area contributed by atoms with Crippen molar-refractivity contribution in [3.63, 3.8) is 0 Å². The maximum atomic E-state index is 13.4. The van der Waals surface area contributed by atoms with E-state index in [1.165, 1.54) is 25.3 Å². The largest absolute Gasteiger partial charge is 0.326 e. The summed E-state index contributed by atoms with van der Waals surface area (Å²) < 4.78 is 13.4. The van der Waals surface area contributed by atoms with Gasteiger partial charge < -0.3 is 5.73 Å². The number of aryl methyl sites for hydroxylation is 1. The van der Waals surface area contributed by atoms with Crippen molar-refractivity contribution in [1.82, 2.24) is 4.90 Å². The molecule has 1 aliphatic heterocycles. The zero-order valence-electron chi connectivity index (χ0n) is 13.0. The molecule has 0 radical (unpaired) electrons. The normalized spacial score (nSPS) is 19.1. The number of hydrogen-bond acceptors (Lipinski definition) is 2. The highest BCUT2D eigenvalue weighted by Crippen LogP contribution is 2.25. The van der Waals surface area contributed by atoms with Crippen LogP contribution >= 0.6 is 0 Å². The molecule has 2 N–H and O–H groups in total. The van der Waals surface area contributed by atoms with E-state index in [1.807, 2.05) is 13.0 Å². The zero-order chi connectivity index (χ0) is 14.8. The van der Waals surface area contributed by atoms with Gasteiger partial charge in [0.25, 0.3) is 0 Å². The Hall–Kier alpha value is -0.930. The second kappa shape index (κ2) is 6.23. The Kier molecular flexibility index (Phi) is 4.82. The van der Waals surface area contributed by atoms with E-state index >= 15 is 0 Å². The smallest absolute Gasteiger partial charge is 0.123 e. The summed E-state index contributed by atoms with van der Waals surface area (Å²) in [6.45, 7) is 8.72. The lowest BCUT2D eigenvalue weighted by molar-refractivity contribution is 0.0731. The van der Waals surface area contributed by atoms with Crippen LogP contribution in [0.1, 0.15) is 44.2 Å². The summed E-state index contributed by atoms with van der Waals surface area (Å²) in [6.07, 6.45) is 4.57. The number of halogens is 1. The van der Waals surface area contributed by atoms with E-state index < -0.39 is 0 Å². The molecule has 0 aromatic heterocycles. The molecule has 1 aromatic rings. The Balaban J connectivity index is 2.09. The first-order valence-corrected chi connectivity index (χ1v) is 7.67. The molecular formula is C17H27FN2. The fraction of sp³-hybridized carbons (Fsp3) is 0.647. The van der Waals surface area contributed by atoms with Gasteiger partial charge in [0.2, 0.25) is 0 Å². The van der Waals surface area contributed by atoms with Gasteiger partial charge in [0.1, 0.15) is 5.82 Å². The number of rotatable bonds is 4. The summed E-state index contributed by atoms with van der Waals surface area (Å²) in [5, 5.41) is 0. The van der Waals surface area contributed by atoms with E-state index in [1.54, 1.807) is 6.07 Å². The minimum absolute atomic E-state index is 0.0149. The SMILES string of the molecule is Cc1ccc(F)cc1CC(N)C(C)(C)N1CCCCC1. The lowest BCUT2D eigenvalue weighted by atomic mass is 9.86. The molecule has 2 nitrogen and oxygen atoms in total. The number of nitrogens with zero attached hydrogens (tertiary/aromatic N) is 1. The van der Waals surface area contributed by atoms with Gasteiger partial charge >= 0.3 is 0 Å². The fourth-order valence-corrected chi connectivity index (χ4v) is 3.05. The summed E-state index contributed by atoms with van der Waals surface area (Å²) in [4.78, 5) is 2.50. The Labute approximate surface area is 122 Å². The van der Waals surface area contributed by atoms with Crippen molar-refractivity contribution in [2.75, 3.05) is 13.1 Å². The highest BCUT2D eigenvalue weighted by molar-refractivity contribution is 5.28. The monoisotopic (exact) mass is 278 g/mol. The molecular weight excluding hydrogens is 251 g/mol. The average Bonchev–Trinajstić information content (AvgIpc) is 2.43. The van der Waals surface area contributed by atoms with Crippen LogP contribution < -0.4 is 5.73 Å². The van der Waals surface area contributed by atoms with Crippen molar-refractivity contribution in [1.29, 1.82) is 0 Å². The first kappa shape index (κ1) is 15.5. The molecule has 0 aliphatic carbocycles. The Morgan fingerprint density at radius 2 is 1.90 bits per heavy atom. The molecule has 2 rings (SSSR count). The van der Waals surface area contributed by atoms with Crippen LogP contribution in [0.5, 0.6) is 0 Å². The van der Waals surface area contributed by atoms with Gasteiger partial charge in [0.15, 0.2) is 0 Å². The zero-order valence-corrected chi connectivity index (χ0v) is 13.0. The number of nitrogens with two attached hydrogens (primary N) is 1. The number of piperidine rings is 1. The summed E-state index contributed by atoms with van der Waals surface area (Å²) in [7, 11) is 0. The number of likely N-dealkylation sites (tertiary alicyclic amines) is 1. The van der Waals surface area contributed by atoms with E-state index in [4.69, 9.17) is 5.73 Å². The summed E-state index contributed by atoms with van der Waals surface area (Å²) in [5.41, 5.74) is 8.58. The van der Waals surface area contributed by atoms with Crippen molar-refractivity contribution < 1.29 is 4.39 Å². The van der Waals surface area contributed by atoms with Crippen molar-refractivity contribution in [3.8, 4) is 0 Å². The van der Waals surface area contributed by atoms with Crippen LogP contribution in [0, 0.1) is 12.7 Å². The van der Waals surface area contributed by atoms with E-state index in [0.717, 1.165) is 30.6 Å². The highest BCUT2D eigenvalue weighted by atomic mass is 19.1. The maximum Gasteiger partial charge on any atom is 0.123 e. The molecule has 112 valence electrons. The molecule has 0 amide bonds. The van der Waals surface area contributed by atoms with Crippen molar-refractivity contribution >= 4 is 0 Å². The predicted octanol–water partition coefficient (Wildman–Crippen LogP) is 3.27. The van der Waals surface area contributed by atoms with Crippen LogP contribution in [0.25, 0.3) is 0 Å². The van der Waals surface area contributed by atoms with Gasteiger partial charge in [-0.25, -0.2) is 4.39 Å². The molecule has 20 heavy (non-hydrogen) atoms. The molecule has 0 saturated carbocycles. The molecule has 1 saturated heterocycles. The predicted molar refractivity (Wildman–Crippen MR) is 82.3 cm³/mol. The molecule has 0 bridgehead atoms. The quantitative estimate of drug-likeness (QED) is 0.916. The Morgan fingerprint density at radius 3 is 2.55 bits per heavy atom. The van der Waals surface area contributed by atoms with Crippen molar-refractivity contribution in [3.05, 3.63) is 35.1 Å². The molecule has 1 aromatic carbocycles. The van der Waals surface area contributed by atoms with E-state index in [9.17, 15) is 4.39 Å². The van der Waals surface area contributed by atoms with Gasteiger partial charge in [-0.1, -0.05) is 12.5 Å². The standard InChI is InChI=1S/C17H27FN2/c1-13-7-8-15(18)11-14(13)12-16(19)17(2,3)20-9-5-4-6-10-20/h7-8,11,16H,4-6,9-10,12,19H2,1-3H3. The van der Waals surface area contributed by atoms with Crippen LogP contribution in [0.15, 0.2) is 18.2 Å². The minimum atomic E-state index is -0.173. The van der Waals surface area contributed by atoms with Gasteiger partial charge in [-0.15, -0.1) is 0 Å². The van der Waals surface area contributed by atoms with Crippen LogP contribution in [0.3, 0.4) is 0 Å². The third-order valence-corrected chi connectivity index (χ3v) is 4.83. The molecule has 1 fully saturated rings. The Bertz CT molecular complexity index is 450. The highest BCUT2D eigenvalue weighted by Gasteiger charge is 2.33. The lowest BCUT2D eigenvalue weighted by Gasteiger charge is -2.45. The summed E-state index contributed by atoms with van der Waals surface area (Å²) in [6, 6.07) is 4.99. The van der Waals surface area contributed by atoms with Crippen LogP contribution in [0.4, 0.5) is 4.39 Å². The third kappa shape index (κ3) is 3.39. The van der Waals surface area contributed by atoms with Gasteiger partial charge in [-0.05, 0) is 76.4 Å². The summed E-state index contributed by atoms with van der Waals surface area (Å²) >= 11 is 0. The van der Waals surface area contributed by atoms with Gasteiger partial charge in [-0.2, -0.15) is 0 Å². The first-order chi connectivity index (χ1) is 9.41. The van der Waals surface area contributed by atoms with E-state index in [0.29, 0.717) is 0 Å². The second-order valence-electron chi connectivity index (χ2n) is 6.58. The lowest BCUT2D eigenvalue weighted by Crippen LogP contribution is -2.58. The molecule has 0 spiro atoms. The summed E-state index contributed by atoms with van der Waals surface area (Å²) in [5.74, 6) is -0.173. The molecule has 1 heterocycles. The van der Waals surface area contributed by atoms with Crippen molar-refractivity contribution in [2.45, 2.75) is 58.0 Å². The third-order valence-electron chi connectivity index (χ3n) is 4.83. The van der Waals surface area contributed by atoms with Crippen LogP contribution in [-0.2, 0) is 6.42 Å². The van der Waals surface area contributed by atoms with Gasteiger partial charge in [0, 0.05) is 11.6 Å². The van der Waals surface area contributed by atoms with E-state index in [2.05, 4.69) is 18.7 Å². The number of hydrogen-bond donors (Lipinski definition) is 1. The van der Waals surface area contributed by atoms with Gasteiger partial charge in [-0.3, -0.25) is 4.90 Å². The number of benzene rings is 1. The Morgan fingerprint density at radius 1 is 1.25 bits per heavy atom. The van der Waals surface area contributed by atoms with Gasteiger partial charge in [0.05, 0.1) is 0 Å². The topological polar surface area (TPSA) is 29.3 Å².